The van der Waals surface area contributed by atoms with E-state index in [2.05, 4.69) is 15.4 Å². The second-order valence-electron chi connectivity index (χ2n) is 8.78. The molecule has 2 aromatic carbocycles. The van der Waals surface area contributed by atoms with Gasteiger partial charge in [0.15, 0.2) is 0 Å². The van der Waals surface area contributed by atoms with E-state index in [4.69, 9.17) is 11.6 Å². The van der Waals surface area contributed by atoms with Crippen LogP contribution in [0.15, 0.2) is 67.1 Å². The molecule has 1 fully saturated rings. The number of pyridine rings is 1. The number of halogens is 3. The van der Waals surface area contributed by atoms with Crippen molar-refractivity contribution >= 4 is 46.1 Å². The molecule has 2 amide bonds. The first-order valence-electron chi connectivity index (χ1n) is 11.7. The molecule has 1 aliphatic rings. The lowest BCUT2D eigenvalue weighted by atomic mass is 10.0. The third-order valence-electron chi connectivity index (χ3n) is 6.26. The summed E-state index contributed by atoms with van der Waals surface area (Å²) in [5.74, 6) is -1.97. The molecule has 0 spiro atoms. The van der Waals surface area contributed by atoms with Crippen LogP contribution in [-0.2, 0) is 4.79 Å². The number of hydrogen-bond donors (Lipinski definition) is 1. The van der Waals surface area contributed by atoms with Gasteiger partial charge in [-0.05, 0) is 55.3 Å². The predicted octanol–water partition coefficient (Wildman–Crippen LogP) is 5.49. The number of anilines is 1. The molecule has 188 valence electrons. The van der Waals surface area contributed by atoms with Crippen LogP contribution < -0.4 is 5.32 Å². The molecule has 0 aliphatic carbocycles. The van der Waals surface area contributed by atoms with E-state index < -0.39 is 17.5 Å². The number of nitrogens with zero attached hydrogens (tertiary/aromatic N) is 4. The number of nitrogens with one attached hydrogen (secondary N) is 1. The summed E-state index contributed by atoms with van der Waals surface area (Å²) in [6, 6.07) is 10.4. The summed E-state index contributed by atoms with van der Waals surface area (Å²) in [6.45, 7) is 1.12. The van der Waals surface area contributed by atoms with Crippen molar-refractivity contribution in [1.29, 1.82) is 0 Å². The van der Waals surface area contributed by atoms with Gasteiger partial charge in [-0.25, -0.2) is 8.78 Å². The van der Waals surface area contributed by atoms with E-state index in [1.165, 1.54) is 24.4 Å². The highest BCUT2D eigenvalue weighted by molar-refractivity contribution is 6.31. The number of rotatable bonds is 5. The number of hydrogen-bond acceptors (Lipinski definition) is 4. The molecule has 10 heteroatoms. The summed E-state index contributed by atoms with van der Waals surface area (Å²) < 4.78 is 28.5. The molecule has 0 unspecified atom stereocenters. The molecule has 3 heterocycles. The van der Waals surface area contributed by atoms with Crippen molar-refractivity contribution in [3.8, 4) is 0 Å². The summed E-state index contributed by atoms with van der Waals surface area (Å²) in [5, 5.41) is 8.45. The first-order valence-corrected chi connectivity index (χ1v) is 12.1. The molecule has 0 bridgehead atoms. The van der Waals surface area contributed by atoms with Crippen molar-refractivity contribution in [2.75, 3.05) is 18.4 Å². The molecule has 37 heavy (non-hydrogen) atoms. The maximum Gasteiger partial charge on any atom is 0.255 e. The standard InChI is InChI=1S/C27H22ClF2N5O2/c28-20-3-5-25-18(12-20)11-19(14-31-25)27(37)34-9-7-23(8-10-34)35-16-22(15-32-35)33-26(36)6-2-17-1-4-21(29)13-24(17)30/h1-6,11-16,23H,7-10H2,(H,33,36)/b6-2+. The van der Waals surface area contributed by atoms with Crippen LogP contribution in [0.3, 0.4) is 0 Å². The topological polar surface area (TPSA) is 80.1 Å². The fraction of sp³-hybridized carbons (Fsp3) is 0.185. The molecule has 1 saturated heterocycles. The number of likely N-dealkylation sites (tertiary alicyclic amines) is 1. The zero-order valence-corrected chi connectivity index (χ0v) is 20.3. The fourth-order valence-electron chi connectivity index (χ4n) is 4.32. The maximum absolute atomic E-state index is 13.7. The molecule has 0 atom stereocenters. The van der Waals surface area contributed by atoms with Crippen molar-refractivity contribution in [1.82, 2.24) is 19.7 Å². The molecule has 7 nitrogen and oxygen atoms in total. The van der Waals surface area contributed by atoms with E-state index in [0.717, 1.165) is 23.0 Å². The lowest BCUT2D eigenvalue weighted by molar-refractivity contribution is -0.111. The Morgan fingerprint density at radius 1 is 1.05 bits per heavy atom. The molecule has 0 saturated carbocycles. The predicted molar refractivity (Wildman–Crippen MR) is 137 cm³/mol. The van der Waals surface area contributed by atoms with Gasteiger partial charge in [-0.1, -0.05) is 11.6 Å². The van der Waals surface area contributed by atoms with Crippen LogP contribution in [0.4, 0.5) is 14.5 Å². The van der Waals surface area contributed by atoms with Crippen LogP contribution in [0.25, 0.3) is 17.0 Å². The Bertz CT molecular complexity index is 1510. The van der Waals surface area contributed by atoms with E-state index >= 15 is 0 Å². The second-order valence-corrected chi connectivity index (χ2v) is 9.22. The zero-order chi connectivity index (χ0) is 25.9. The SMILES string of the molecule is O=C(/C=C/c1ccc(F)cc1F)Nc1cnn(C2CCN(C(=O)c3cnc4ccc(Cl)cc4c3)CC2)c1. The first-order chi connectivity index (χ1) is 17.9. The maximum atomic E-state index is 13.7. The fourth-order valence-corrected chi connectivity index (χ4v) is 4.50. The number of benzene rings is 2. The number of carbonyl (C=O) groups excluding carboxylic acids is 2. The van der Waals surface area contributed by atoms with Gasteiger partial charge in [-0.15, -0.1) is 0 Å². The van der Waals surface area contributed by atoms with Crippen LogP contribution >= 0.6 is 11.6 Å². The van der Waals surface area contributed by atoms with Gasteiger partial charge in [0.25, 0.3) is 5.91 Å². The van der Waals surface area contributed by atoms with Crippen LogP contribution in [-0.4, -0.2) is 44.6 Å². The first kappa shape index (κ1) is 24.6. The number of piperidine rings is 1. The third kappa shape index (κ3) is 5.67. The molecule has 1 aliphatic heterocycles. The van der Waals surface area contributed by atoms with E-state index in [1.54, 1.807) is 34.1 Å². The van der Waals surface area contributed by atoms with Crippen molar-refractivity contribution in [2.24, 2.45) is 0 Å². The van der Waals surface area contributed by atoms with E-state index in [-0.39, 0.29) is 17.5 Å². The minimum Gasteiger partial charge on any atom is -0.338 e. The summed E-state index contributed by atoms with van der Waals surface area (Å²) >= 11 is 6.07. The Morgan fingerprint density at radius 2 is 1.86 bits per heavy atom. The van der Waals surface area contributed by atoms with Crippen LogP contribution in [0.2, 0.25) is 5.02 Å². The molecule has 5 rings (SSSR count). The minimum absolute atomic E-state index is 0.0760. The number of amides is 2. The average molecular weight is 522 g/mol. The molecule has 1 N–H and O–H groups in total. The second kappa shape index (κ2) is 10.5. The summed E-state index contributed by atoms with van der Waals surface area (Å²) in [4.78, 5) is 31.4. The Labute approximate surface area is 216 Å². The van der Waals surface area contributed by atoms with E-state index in [1.807, 2.05) is 12.1 Å². The minimum atomic E-state index is -0.747. The molecule has 2 aromatic heterocycles. The highest BCUT2D eigenvalue weighted by Crippen LogP contribution is 2.25. The monoisotopic (exact) mass is 521 g/mol. The van der Waals surface area contributed by atoms with Crippen molar-refractivity contribution in [2.45, 2.75) is 18.9 Å². The van der Waals surface area contributed by atoms with Gasteiger partial charge in [-0.3, -0.25) is 19.3 Å². The lowest BCUT2D eigenvalue weighted by Gasteiger charge is -2.32. The third-order valence-corrected chi connectivity index (χ3v) is 6.50. The van der Waals surface area contributed by atoms with Crippen LogP contribution in [0.1, 0.15) is 34.8 Å². The summed E-state index contributed by atoms with van der Waals surface area (Å²) in [7, 11) is 0. The Balaban J connectivity index is 1.16. The highest BCUT2D eigenvalue weighted by Gasteiger charge is 2.25. The van der Waals surface area contributed by atoms with Crippen LogP contribution in [0.5, 0.6) is 0 Å². The smallest absolute Gasteiger partial charge is 0.255 e. The Hall–Kier alpha value is -4.11. The molecular weight excluding hydrogens is 500 g/mol. The van der Waals surface area contributed by atoms with Gasteiger partial charge in [0.05, 0.1) is 29.0 Å². The van der Waals surface area contributed by atoms with Gasteiger partial charge >= 0.3 is 0 Å². The number of fused-ring (bicyclic) bond motifs is 1. The normalized spacial score (nSPS) is 14.4. The van der Waals surface area contributed by atoms with Gasteiger partial charge in [0, 0.05) is 53.6 Å². The van der Waals surface area contributed by atoms with Gasteiger partial charge in [-0.2, -0.15) is 5.10 Å². The lowest BCUT2D eigenvalue weighted by Crippen LogP contribution is -2.39. The molecular formula is C27H22ClF2N5O2. The van der Waals surface area contributed by atoms with Crippen molar-refractivity contribution < 1.29 is 18.4 Å². The quantitative estimate of drug-likeness (QED) is 0.352. The number of aromatic nitrogens is 3. The highest BCUT2D eigenvalue weighted by atomic mass is 35.5. The summed E-state index contributed by atoms with van der Waals surface area (Å²) in [6.07, 6.45) is 8.71. The zero-order valence-electron chi connectivity index (χ0n) is 19.6. The van der Waals surface area contributed by atoms with Crippen molar-refractivity contribution in [3.05, 3.63) is 94.9 Å². The number of carbonyl (C=O) groups is 2. The largest absolute Gasteiger partial charge is 0.338 e. The van der Waals surface area contributed by atoms with Gasteiger partial charge in [0.2, 0.25) is 5.91 Å². The Morgan fingerprint density at radius 3 is 2.65 bits per heavy atom. The van der Waals surface area contributed by atoms with E-state index in [0.29, 0.717) is 42.2 Å². The molecule has 4 aromatic rings. The van der Waals surface area contributed by atoms with Crippen LogP contribution in [0, 0.1) is 11.6 Å². The van der Waals surface area contributed by atoms with E-state index in [9.17, 15) is 18.4 Å². The summed E-state index contributed by atoms with van der Waals surface area (Å²) in [5.41, 5.74) is 1.90. The Kier molecular flexibility index (Phi) is 6.96. The average Bonchev–Trinajstić information content (AvgIpc) is 3.35. The van der Waals surface area contributed by atoms with Gasteiger partial charge in [0.1, 0.15) is 11.6 Å². The van der Waals surface area contributed by atoms with Crippen molar-refractivity contribution in [3.63, 3.8) is 0 Å². The van der Waals surface area contributed by atoms with Gasteiger partial charge < -0.3 is 10.2 Å². The molecule has 0 radical (unpaired) electrons.